The molecule has 1 aromatic rings. The van der Waals surface area contributed by atoms with Gasteiger partial charge in [-0.25, -0.2) is 8.42 Å². The van der Waals surface area contributed by atoms with E-state index in [0.29, 0.717) is 23.8 Å². The zero-order chi connectivity index (χ0) is 19.8. The molecule has 1 heterocycles. The first kappa shape index (κ1) is 27.0. The SMILES string of the molecule is CCN(CC)S(=O)(=O)c1ccc(CCNC(=NC)NCC(C)(C)SC)s1.I. The van der Waals surface area contributed by atoms with E-state index in [9.17, 15) is 8.42 Å². The summed E-state index contributed by atoms with van der Waals surface area (Å²) in [7, 11) is -1.61. The van der Waals surface area contributed by atoms with E-state index in [1.54, 1.807) is 24.9 Å². The Morgan fingerprint density at radius 1 is 1.26 bits per heavy atom. The number of hydrogen-bond acceptors (Lipinski definition) is 5. The first-order chi connectivity index (χ1) is 12.2. The Kier molecular flexibility index (Phi) is 12.5. The van der Waals surface area contributed by atoms with Crippen LogP contribution in [-0.2, 0) is 16.4 Å². The fourth-order valence-electron chi connectivity index (χ4n) is 2.22. The second kappa shape index (κ2) is 12.5. The number of rotatable bonds is 10. The average Bonchev–Trinajstić information content (AvgIpc) is 3.08. The summed E-state index contributed by atoms with van der Waals surface area (Å²) in [5.41, 5.74) is 0. The molecule has 0 aromatic carbocycles. The number of hydrogen-bond donors (Lipinski definition) is 2. The molecule has 0 saturated heterocycles. The summed E-state index contributed by atoms with van der Waals surface area (Å²) >= 11 is 3.15. The quantitative estimate of drug-likeness (QED) is 0.267. The molecule has 1 aromatic heterocycles. The number of thioether (sulfide) groups is 1. The third-order valence-corrected chi connectivity index (χ3v) is 8.97. The van der Waals surface area contributed by atoms with Gasteiger partial charge in [0.05, 0.1) is 0 Å². The molecule has 1 rings (SSSR count). The predicted molar refractivity (Wildman–Crippen MR) is 131 cm³/mol. The van der Waals surface area contributed by atoms with Crippen molar-refractivity contribution in [1.82, 2.24) is 14.9 Å². The summed E-state index contributed by atoms with van der Waals surface area (Å²) in [6.07, 6.45) is 2.85. The van der Waals surface area contributed by atoms with Crippen molar-refractivity contribution in [3.63, 3.8) is 0 Å². The summed E-state index contributed by atoms with van der Waals surface area (Å²) in [6, 6.07) is 3.61. The molecule has 0 atom stereocenters. The Morgan fingerprint density at radius 2 is 1.89 bits per heavy atom. The predicted octanol–water partition coefficient (Wildman–Crippen LogP) is 3.25. The van der Waals surface area contributed by atoms with Crippen LogP contribution in [-0.4, -0.2) is 62.9 Å². The fourth-order valence-corrected chi connectivity index (χ4v) is 5.40. The van der Waals surface area contributed by atoms with Crippen molar-refractivity contribution in [3.05, 3.63) is 17.0 Å². The minimum Gasteiger partial charge on any atom is -0.356 e. The number of sulfonamides is 1. The lowest BCUT2D eigenvalue weighted by atomic mass is 10.2. The van der Waals surface area contributed by atoms with Crippen LogP contribution in [0, 0.1) is 0 Å². The zero-order valence-corrected chi connectivity index (χ0v) is 21.8. The maximum atomic E-state index is 12.5. The van der Waals surface area contributed by atoms with Crippen molar-refractivity contribution in [1.29, 1.82) is 0 Å². The Morgan fingerprint density at radius 3 is 2.41 bits per heavy atom. The maximum Gasteiger partial charge on any atom is 0.252 e. The van der Waals surface area contributed by atoms with Gasteiger partial charge in [-0.3, -0.25) is 4.99 Å². The highest BCUT2D eigenvalue weighted by Gasteiger charge is 2.23. The van der Waals surface area contributed by atoms with Crippen LogP contribution in [0.1, 0.15) is 32.6 Å². The molecule has 0 saturated carbocycles. The second-order valence-electron chi connectivity index (χ2n) is 6.38. The molecule has 27 heavy (non-hydrogen) atoms. The Balaban J connectivity index is 0.00000676. The van der Waals surface area contributed by atoms with E-state index in [1.807, 2.05) is 19.9 Å². The highest BCUT2D eigenvalue weighted by molar-refractivity contribution is 14.0. The number of aliphatic imine (C=N–C) groups is 1. The number of guanidine groups is 1. The Bertz CT molecular complexity index is 686. The Labute approximate surface area is 190 Å². The van der Waals surface area contributed by atoms with Crippen molar-refractivity contribution in [3.8, 4) is 0 Å². The highest BCUT2D eigenvalue weighted by Crippen LogP contribution is 2.25. The lowest BCUT2D eigenvalue weighted by Crippen LogP contribution is -2.43. The number of halogens is 1. The van der Waals surface area contributed by atoms with E-state index in [4.69, 9.17) is 0 Å². The van der Waals surface area contributed by atoms with Crippen molar-refractivity contribution in [2.45, 2.75) is 43.1 Å². The summed E-state index contributed by atoms with van der Waals surface area (Å²) in [5.74, 6) is 0.764. The molecule has 0 aliphatic carbocycles. The molecule has 0 aliphatic heterocycles. The van der Waals surface area contributed by atoms with Gasteiger partial charge in [-0.2, -0.15) is 16.1 Å². The van der Waals surface area contributed by atoms with Crippen LogP contribution >= 0.6 is 47.1 Å². The van der Waals surface area contributed by atoms with Crippen LogP contribution in [0.15, 0.2) is 21.3 Å². The van der Waals surface area contributed by atoms with Gasteiger partial charge in [-0.15, -0.1) is 35.3 Å². The monoisotopic (exact) mass is 548 g/mol. The fraction of sp³-hybridized carbons (Fsp3) is 0.706. The molecule has 158 valence electrons. The topological polar surface area (TPSA) is 73.8 Å². The number of nitrogens with zero attached hydrogens (tertiary/aromatic N) is 2. The maximum absolute atomic E-state index is 12.5. The lowest BCUT2D eigenvalue weighted by molar-refractivity contribution is 0.447. The molecule has 0 amide bonds. The number of thiophene rings is 1. The van der Waals surface area contributed by atoms with Crippen molar-refractivity contribution < 1.29 is 8.42 Å². The van der Waals surface area contributed by atoms with E-state index >= 15 is 0 Å². The molecule has 0 radical (unpaired) electrons. The van der Waals surface area contributed by atoms with Crippen LogP contribution < -0.4 is 10.6 Å². The normalized spacial score (nSPS) is 12.8. The molecular formula is C17H33IN4O2S3. The minimum atomic E-state index is -3.36. The van der Waals surface area contributed by atoms with Crippen LogP contribution in [0.25, 0.3) is 0 Å². The van der Waals surface area contributed by atoms with Gasteiger partial charge < -0.3 is 10.6 Å². The van der Waals surface area contributed by atoms with E-state index in [0.717, 1.165) is 23.8 Å². The van der Waals surface area contributed by atoms with E-state index < -0.39 is 10.0 Å². The van der Waals surface area contributed by atoms with E-state index in [1.165, 1.54) is 15.6 Å². The Hall–Kier alpha value is -0.0400. The molecule has 0 unspecified atom stereocenters. The van der Waals surface area contributed by atoms with Gasteiger partial charge in [-0.05, 0) is 38.7 Å². The van der Waals surface area contributed by atoms with E-state index in [2.05, 4.69) is 35.7 Å². The third kappa shape index (κ3) is 8.46. The van der Waals surface area contributed by atoms with Gasteiger partial charge >= 0.3 is 0 Å². The molecule has 10 heteroatoms. The summed E-state index contributed by atoms with van der Waals surface area (Å²) in [4.78, 5) is 5.28. The third-order valence-electron chi connectivity index (χ3n) is 4.06. The van der Waals surface area contributed by atoms with Crippen LogP contribution in [0.2, 0.25) is 0 Å². The van der Waals surface area contributed by atoms with Crippen LogP contribution in [0.5, 0.6) is 0 Å². The molecule has 0 spiro atoms. The summed E-state index contributed by atoms with van der Waals surface area (Å²) in [6.45, 7) is 10.6. The van der Waals surface area contributed by atoms with Gasteiger partial charge in [0.2, 0.25) is 0 Å². The van der Waals surface area contributed by atoms with Crippen LogP contribution in [0.3, 0.4) is 0 Å². The second-order valence-corrected chi connectivity index (χ2v) is 11.2. The molecular weight excluding hydrogens is 515 g/mol. The average molecular weight is 549 g/mol. The van der Waals surface area contributed by atoms with Gasteiger partial charge in [0.15, 0.2) is 5.96 Å². The van der Waals surface area contributed by atoms with Crippen molar-refractivity contribution >= 4 is 63.1 Å². The van der Waals surface area contributed by atoms with Gasteiger partial charge in [-0.1, -0.05) is 13.8 Å². The standard InChI is InChI=1S/C17H32N4O2S3.HI/c1-7-21(8-2)26(22,23)15-10-9-14(25-15)11-12-19-16(18-5)20-13-17(3,4)24-6;/h9-10H,7-8,11-13H2,1-6H3,(H2,18,19,20);1H. The minimum absolute atomic E-state index is 0. The largest absolute Gasteiger partial charge is 0.356 e. The van der Waals surface area contributed by atoms with Gasteiger partial charge in [0, 0.05) is 42.9 Å². The van der Waals surface area contributed by atoms with Gasteiger partial charge in [0.25, 0.3) is 10.0 Å². The lowest BCUT2D eigenvalue weighted by Gasteiger charge is -2.23. The number of nitrogens with one attached hydrogen (secondary N) is 2. The molecule has 0 fully saturated rings. The van der Waals surface area contributed by atoms with Crippen molar-refractivity contribution in [2.24, 2.45) is 4.99 Å². The molecule has 2 N–H and O–H groups in total. The first-order valence-corrected chi connectivity index (χ1v) is 12.3. The first-order valence-electron chi connectivity index (χ1n) is 8.78. The highest BCUT2D eigenvalue weighted by atomic mass is 127. The van der Waals surface area contributed by atoms with E-state index in [-0.39, 0.29) is 28.7 Å². The molecule has 0 bridgehead atoms. The van der Waals surface area contributed by atoms with Gasteiger partial charge in [0.1, 0.15) is 4.21 Å². The molecule has 6 nitrogen and oxygen atoms in total. The van der Waals surface area contributed by atoms with Crippen molar-refractivity contribution in [2.75, 3.05) is 39.5 Å². The smallest absolute Gasteiger partial charge is 0.252 e. The summed E-state index contributed by atoms with van der Waals surface area (Å²) in [5, 5.41) is 6.61. The molecule has 0 aliphatic rings. The summed E-state index contributed by atoms with van der Waals surface area (Å²) < 4.78 is 27.1. The zero-order valence-electron chi connectivity index (χ0n) is 17.0. The van der Waals surface area contributed by atoms with Crippen LogP contribution in [0.4, 0.5) is 0 Å².